The fraction of sp³-hybridized carbons (Fsp3) is 1.00. The van der Waals surface area contributed by atoms with Crippen LogP contribution in [-0.2, 0) is 0 Å². The maximum atomic E-state index is 3.53. The van der Waals surface area contributed by atoms with Crippen LogP contribution in [0.4, 0.5) is 0 Å². The van der Waals surface area contributed by atoms with Gasteiger partial charge in [0.05, 0.1) is 0 Å². The van der Waals surface area contributed by atoms with Crippen molar-refractivity contribution in [1.29, 1.82) is 0 Å². The average molecular weight is 164 g/mol. The van der Waals surface area contributed by atoms with Crippen molar-refractivity contribution in [3.8, 4) is 0 Å². The molecule has 0 aromatic carbocycles. The molecule has 3 rings (SSSR count). The minimum atomic E-state index is 0. The zero-order valence-corrected chi connectivity index (χ0v) is 8.50. The van der Waals surface area contributed by atoms with Gasteiger partial charge in [-0.05, 0) is 25.9 Å². The van der Waals surface area contributed by atoms with E-state index in [4.69, 9.17) is 0 Å². The Bertz CT molecular complexity index is 99.7. The first kappa shape index (κ1) is 12.0. The van der Waals surface area contributed by atoms with Gasteiger partial charge in [0.1, 0.15) is 0 Å². The number of nitrogens with one attached hydrogen (secondary N) is 1. The SMILES string of the molecule is C1CN2CCC(CC2)N1.[Al+3].[H-].[H-].[H-].[H-].[Li+]. The second-order valence-electron chi connectivity index (χ2n) is 3.07. The van der Waals surface area contributed by atoms with Gasteiger partial charge in [-0.25, -0.2) is 0 Å². The number of rotatable bonds is 0. The topological polar surface area (TPSA) is 15.3 Å². The maximum Gasteiger partial charge on any atom is 3.00 e. The maximum absolute atomic E-state index is 3.53. The third kappa shape index (κ3) is 3.11. The van der Waals surface area contributed by atoms with Crippen LogP contribution in [0.15, 0.2) is 0 Å². The third-order valence-corrected chi connectivity index (χ3v) is 2.45. The molecule has 1 N–H and O–H groups in total. The molecule has 2 bridgehead atoms. The molecule has 0 unspecified atom stereocenters. The Hall–Kier alpha value is 1.05. The predicted octanol–water partition coefficient (Wildman–Crippen LogP) is -2.87. The summed E-state index contributed by atoms with van der Waals surface area (Å²) >= 11 is 0. The Balaban J connectivity index is -0.0000000556. The number of piperidine rings is 1. The molecule has 0 aromatic heterocycles. The van der Waals surface area contributed by atoms with Crippen molar-refractivity contribution < 1.29 is 24.6 Å². The van der Waals surface area contributed by atoms with Gasteiger partial charge in [0.2, 0.25) is 0 Å². The van der Waals surface area contributed by atoms with Crippen molar-refractivity contribution in [1.82, 2.24) is 10.2 Å². The minimum Gasteiger partial charge on any atom is -1.00 e. The quantitative estimate of drug-likeness (QED) is 0.387. The van der Waals surface area contributed by atoms with Crippen LogP contribution in [0.2, 0.25) is 0 Å². The van der Waals surface area contributed by atoms with E-state index in [0.717, 1.165) is 6.04 Å². The molecular weight excluding hydrogens is 146 g/mol. The van der Waals surface area contributed by atoms with E-state index in [1.54, 1.807) is 0 Å². The molecular formula is C7H18AlLiN2. The van der Waals surface area contributed by atoms with Crippen molar-refractivity contribution in [2.45, 2.75) is 18.9 Å². The van der Waals surface area contributed by atoms with Gasteiger partial charge in [-0.1, -0.05) is 0 Å². The van der Waals surface area contributed by atoms with Crippen LogP contribution in [0.5, 0.6) is 0 Å². The van der Waals surface area contributed by atoms with E-state index < -0.39 is 0 Å². The normalized spacial score (nSPS) is 34.9. The Morgan fingerprint density at radius 3 is 2.45 bits per heavy atom. The van der Waals surface area contributed by atoms with E-state index in [0.29, 0.717) is 0 Å². The van der Waals surface area contributed by atoms with Gasteiger partial charge in [-0.15, -0.1) is 0 Å². The van der Waals surface area contributed by atoms with Crippen molar-refractivity contribution >= 4 is 17.4 Å². The summed E-state index contributed by atoms with van der Waals surface area (Å²) in [5, 5.41) is 3.53. The Morgan fingerprint density at radius 1 is 1.18 bits per heavy atom. The van der Waals surface area contributed by atoms with E-state index in [2.05, 4.69) is 10.2 Å². The van der Waals surface area contributed by atoms with Crippen molar-refractivity contribution in [2.75, 3.05) is 26.2 Å². The fourth-order valence-corrected chi connectivity index (χ4v) is 1.79. The summed E-state index contributed by atoms with van der Waals surface area (Å²) in [6.07, 6.45) is 2.75. The summed E-state index contributed by atoms with van der Waals surface area (Å²) in [6, 6.07) is 0.851. The van der Waals surface area contributed by atoms with E-state index in [9.17, 15) is 0 Å². The molecule has 3 fully saturated rings. The molecule has 3 heterocycles. The molecule has 3 saturated heterocycles. The van der Waals surface area contributed by atoms with Gasteiger partial charge in [0.25, 0.3) is 0 Å². The first-order chi connectivity index (χ1) is 4.45. The van der Waals surface area contributed by atoms with Gasteiger partial charge in [-0.2, -0.15) is 0 Å². The molecule has 0 radical (unpaired) electrons. The summed E-state index contributed by atoms with van der Waals surface area (Å²) < 4.78 is 0. The molecule has 0 atom stereocenters. The van der Waals surface area contributed by atoms with Crippen molar-refractivity contribution in [3.05, 3.63) is 0 Å². The van der Waals surface area contributed by atoms with E-state index >= 15 is 0 Å². The van der Waals surface area contributed by atoms with Gasteiger partial charge < -0.3 is 15.9 Å². The van der Waals surface area contributed by atoms with E-state index in [1.807, 2.05) is 0 Å². The molecule has 0 aromatic rings. The molecule has 11 heavy (non-hydrogen) atoms. The molecule has 0 spiro atoms. The monoisotopic (exact) mass is 164 g/mol. The second-order valence-corrected chi connectivity index (χ2v) is 3.07. The fourth-order valence-electron chi connectivity index (χ4n) is 1.79. The van der Waals surface area contributed by atoms with Crippen molar-refractivity contribution in [3.63, 3.8) is 0 Å². The third-order valence-electron chi connectivity index (χ3n) is 2.45. The summed E-state index contributed by atoms with van der Waals surface area (Å²) in [6.45, 7) is 5.15. The van der Waals surface area contributed by atoms with Gasteiger partial charge >= 0.3 is 36.2 Å². The van der Waals surface area contributed by atoms with Crippen LogP contribution >= 0.6 is 0 Å². The number of nitrogens with zero attached hydrogens (tertiary/aromatic N) is 1. The van der Waals surface area contributed by atoms with Crippen LogP contribution in [0, 0.1) is 0 Å². The molecule has 2 nitrogen and oxygen atoms in total. The standard InChI is InChI=1S/C7H14N2.Al.Li.4H/c1-4-9-5-2-7(1)8-3-6-9;;;;;;/h7-8H,1-6H2;;;;;;/q;+3;+1;4*-1. The molecule has 0 aliphatic carbocycles. The Labute approximate surface area is 97.3 Å². The molecule has 0 amide bonds. The molecule has 3 aliphatic rings. The number of fused-ring (bicyclic) bond motifs is 4. The van der Waals surface area contributed by atoms with Crippen molar-refractivity contribution in [2.24, 2.45) is 0 Å². The van der Waals surface area contributed by atoms with Gasteiger partial charge in [0, 0.05) is 19.1 Å². The van der Waals surface area contributed by atoms with E-state index in [1.165, 1.54) is 39.0 Å². The Kier molecular flexibility index (Phi) is 6.19. The molecule has 0 saturated carbocycles. The second kappa shape index (κ2) is 5.65. The zero-order chi connectivity index (χ0) is 6.10. The van der Waals surface area contributed by atoms with Crippen LogP contribution in [0.25, 0.3) is 0 Å². The summed E-state index contributed by atoms with van der Waals surface area (Å²) in [7, 11) is 0. The molecule has 3 aliphatic heterocycles. The summed E-state index contributed by atoms with van der Waals surface area (Å²) in [4.78, 5) is 2.55. The van der Waals surface area contributed by atoms with Crippen LogP contribution < -0.4 is 24.2 Å². The number of hydrogen-bond acceptors (Lipinski definition) is 2. The molecule has 4 heteroatoms. The first-order valence-electron chi connectivity index (χ1n) is 3.91. The van der Waals surface area contributed by atoms with Crippen LogP contribution in [0.1, 0.15) is 18.5 Å². The van der Waals surface area contributed by atoms with Crippen LogP contribution in [0.3, 0.4) is 0 Å². The number of hydrogen-bond donors (Lipinski definition) is 1. The molecule has 60 valence electrons. The average Bonchev–Trinajstić information content (AvgIpc) is 2.21. The van der Waals surface area contributed by atoms with Crippen LogP contribution in [-0.4, -0.2) is 54.5 Å². The summed E-state index contributed by atoms with van der Waals surface area (Å²) in [5.41, 5.74) is 0. The largest absolute Gasteiger partial charge is 3.00 e. The predicted molar refractivity (Wildman–Crippen MR) is 47.7 cm³/mol. The minimum absolute atomic E-state index is 0. The Morgan fingerprint density at radius 2 is 1.82 bits per heavy atom. The van der Waals surface area contributed by atoms with Gasteiger partial charge in [0.15, 0.2) is 0 Å². The van der Waals surface area contributed by atoms with Gasteiger partial charge in [-0.3, -0.25) is 0 Å². The first-order valence-corrected chi connectivity index (χ1v) is 3.91. The van der Waals surface area contributed by atoms with E-state index in [-0.39, 0.29) is 41.9 Å². The summed E-state index contributed by atoms with van der Waals surface area (Å²) in [5.74, 6) is 0. The smallest absolute Gasteiger partial charge is 1.00 e. The zero-order valence-electron chi connectivity index (χ0n) is 11.3.